The van der Waals surface area contributed by atoms with Crippen molar-refractivity contribution < 1.29 is 4.79 Å². The molecule has 0 radical (unpaired) electrons. The van der Waals surface area contributed by atoms with Crippen molar-refractivity contribution in [2.45, 2.75) is 26.8 Å². The Balaban J connectivity index is 1.98. The van der Waals surface area contributed by atoms with Crippen molar-refractivity contribution in [3.63, 3.8) is 0 Å². The fraction of sp³-hybridized carbons (Fsp3) is 0.412. The Morgan fingerprint density at radius 1 is 1.35 bits per heavy atom. The molecule has 2 rings (SSSR count). The van der Waals surface area contributed by atoms with Crippen molar-refractivity contribution >= 4 is 23.2 Å². The number of nitrogens with zero attached hydrogens (tertiary/aromatic N) is 2. The van der Waals surface area contributed by atoms with Gasteiger partial charge in [-0.3, -0.25) is 10.2 Å². The molecule has 2 amide bonds. The lowest BCUT2D eigenvalue weighted by molar-refractivity contribution is 0.210. The number of anilines is 1. The number of carbonyl (C=O) groups is 1. The quantitative estimate of drug-likeness (QED) is 0.813. The van der Waals surface area contributed by atoms with Gasteiger partial charge < -0.3 is 5.32 Å². The second kappa shape index (κ2) is 8.64. The van der Waals surface area contributed by atoms with Crippen LogP contribution in [0.5, 0.6) is 0 Å². The zero-order valence-corrected chi connectivity index (χ0v) is 14.7. The molecule has 2 aromatic rings. The van der Waals surface area contributed by atoms with Crippen LogP contribution in [0.1, 0.15) is 31.0 Å². The Labute approximate surface area is 141 Å². The zero-order valence-electron chi connectivity index (χ0n) is 13.9. The maximum absolute atomic E-state index is 12.2. The molecule has 23 heavy (non-hydrogen) atoms. The van der Waals surface area contributed by atoms with E-state index in [0.29, 0.717) is 12.4 Å². The van der Waals surface area contributed by atoms with Crippen molar-refractivity contribution in [2.24, 2.45) is 0 Å². The highest BCUT2D eigenvalue weighted by molar-refractivity contribution is 7.07. The molecule has 0 bridgehead atoms. The Hall–Kier alpha value is -1.92. The monoisotopic (exact) mass is 332 g/mol. The summed E-state index contributed by atoms with van der Waals surface area (Å²) in [5.74, 6) is 0.597. The number of amides is 2. The van der Waals surface area contributed by atoms with Gasteiger partial charge in [-0.25, -0.2) is 9.78 Å². The van der Waals surface area contributed by atoms with E-state index in [1.54, 1.807) is 17.5 Å². The first-order chi connectivity index (χ1) is 11.2. The van der Waals surface area contributed by atoms with E-state index in [-0.39, 0.29) is 12.1 Å². The summed E-state index contributed by atoms with van der Waals surface area (Å²) in [4.78, 5) is 18.7. The Morgan fingerprint density at radius 3 is 2.74 bits per heavy atom. The van der Waals surface area contributed by atoms with Crippen LogP contribution >= 0.6 is 11.3 Å². The Kier molecular flexibility index (Phi) is 6.55. The predicted molar refractivity (Wildman–Crippen MR) is 96.0 cm³/mol. The highest BCUT2D eigenvalue weighted by Gasteiger charge is 2.19. The van der Waals surface area contributed by atoms with Crippen LogP contribution in [0, 0.1) is 6.92 Å². The SMILES string of the molecule is CCN(CC)C(CNC(=O)Nc1ncccc1C)c1ccsc1. The number of pyridine rings is 1. The van der Waals surface area contributed by atoms with Crippen molar-refractivity contribution in [3.05, 3.63) is 46.3 Å². The number of likely N-dealkylation sites (N-methyl/N-ethyl adjacent to an activating group) is 1. The minimum atomic E-state index is -0.223. The molecule has 1 unspecified atom stereocenters. The van der Waals surface area contributed by atoms with Gasteiger partial charge in [-0.15, -0.1) is 0 Å². The minimum absolute atomic E-state index is 0.187. The molecule has 6 heteroatoms. The van der Waals surface area contributed by atoms with Crippen LogP contribution in [0.15, 0.2) is 35.2 Å². The number of urea groups is 1. The average Bonchev–Trinajstić information content (AvgIpc) is 3.08. The number of rotatable bonds is 7. The molecule has 5 nitrogen and oxygen atoms in total. The summed E-state index contributed by atoms with van der Waals surface area (Å²) in [6, 6.07) is 5.86. The molecule has 0 spiro atoms. The largest absolute Gasteiger partial charge is 0.336 e. The van der Waals surface area contributed by atoms with Crippen molar-refractivity contribution in [1.29, 1.82) is 0 Å². The lowest BCUT2D eigenvalue weighted by atomic mass is 10.1. The van der Waals surface area contributed by atoms with Crippen LogP contribution in [0.3, 0.4) is 0 Å². The number of thiophene rings is 1. The summed E-state index contributed by atoms with van der Waals surface area (Å²) >= 11 is 1.68. The third kappa shape index (κ3) is 4.77. The standard InChI is InChI=1S/C17H24N4OS/c1-4-21(5-2)15(14-8-10-23-12-14)11-19-17(22)20-16-13(3)7-6-9-18-16/h6-10,12,15H,4-5,11H2,1-3H3,(H2,18,19,20,22). The molecule has 2 heterocycles. The lowest BCUT2D eigenvalue weighted by Crippen LogP contribution is -2.39. The fourth-order valence-electron chi connectivity index (χ4n) is 2.54. The second-order valence-corrected chi connectivity index (χ2v) is 6.08. The molecule has 0 aliphatic carbocycles. The number of hydrogen-bond acceptors (Lipinski definition) is 4. The van der Waals surface area contributed by atoms with E-state index in [9.17, 15) is 4.79 Å². The van der Waals surface area contributed by atoms with Crippen LogP contribution in [0.2, 0.25) is 0 Å². The first-order valence-corrected chi connectivity index (χ1v) is 8.82. The lowest BCUT2D eigenvalue weighted by Gasteiger charge is -2.29. The van der Waals surface area contributed by atoms with Crippen LogP contribution in [0.25, 0.3) is 0 Å². The van der Waals surface area contributed by atoms with Gasteiger partial charge in [-0.1, -0.05) is 19.9 Å². The molecule has 0 fully saturated rings. The van der Waals surface area contributed by atoms with Crippen molar-refractivity contribution in [3.8, 4) is 0 Å². The van der Waals surface area contributed by atoms with E-state index < -0.39 is 0 Å². The number of aromatic nitrogens is 1. The molecule has 0 saturated heterocycles. The van der Waals surface area contributed by atoms with E-state index in [1.165, 1.54) is 5.56 Å². The second-order valence-electron chi connectivity index (χ2n) is 5.30. The predicted octanol–water partition coefficient (Wildman–Crippen LogP) is 3.66. The van der Waals surface area contributed by atoms with Gasteiger partial charge in [0.25, 0.3) is 0 Å². The van der Waals surface area contributed by atoms with Crippen molar-refractivity contribution in [2.75, 3.05) is 25.0 Å². The summed E-state index contributed by atoms with van der Waals surface area (Å²) in [6.07, 6.45) is 1.67. The maximum atomic E-state index is 12.2. The van der Waals surface area contributed by atoms with Gasteiger partial charge in [0, 0.05) is 12.7 Å². The van der Waals surface area contributed by atoms with Crippen LogP contribution in [-0.4, -0.2) is 35.5 Å². The smallest absolute Gasteiger partial charge is 0.320 e. The molecule has 2 aromatic heterocycles. The molecule has 0 saturated carbocycles. The topological polar surface area (TPSA) is 57.3 Å². The van der Waals surface area contributed by atoms with Crippen molar-refractivity contribution in [1.82, 2.24) is 15.2 Å². The molecule has 0 aliphatic rings. The molecular formula is C17H24N4OS. The van der Waals surface area contributed by atoms with E-state index in [1.807, 2.05) is 19.1 Å². The van der Waals surface area contributed by atoms with Gasteiger partial charge in [0.2, 0.25) is 0 Å². The number of nitrogens with one attached hydrogen (secondary N) is 2. The van der Waals surface area contributed by atoms with Crippen LogP contribution in [0.4, 0.5) is 10.6 Å². The van der Waals surface area contributed by atoms with Crippen LogP contribution < -0.4 is 10.6 Å². The third-order valence-corrected chi connectivity index (χ3v) is 4.58. The summed E-state index contributed by atoms with van der Waals surface area (Å²) in [6.45, 7) is 8.66. The van der Waals surface area contributed by atoms with Gasteiger partial charge >= 0.3 is 6.03 Å². The van der Waals surface area contributed by atoms with E-state index in [0.717, 1.165) is 18.7 Å². The fourth-order valence-corrected chi connectivity index (χ4v) is 3.25. The minimum Gasteiger partial charge on any atom is -0.336 e. The summed E-state index contributed by atoms with van der Waals surface area (Å²) < 4.78 is 0. The molecule has 0 aromatic carbocycles. The van der Waals surface area contributed by atoms with Gasteiger partial charge in [0.1, 0.15) is 5.82 Å². The van der Waals surface area contributed by atoms with Gasteiger partial charge in [-0.05, 0) is 54.0 Å². The van der Waals surface area contributed by atoms with Gasteiger partial charge in [-0.2, -0.15) is 11.3 Å². The average molecular weight is 332 g/mol. The molecule has 124 valence electrons. The zero-order chi connectivity index (χ0) is 16.7. The Morgan fingerprint density at radius 2 is 2.13 bits per heavy atom. The summed E-state index contributed by atoms with van der Waals surface area (Å²) in [7, 11) is 0. The van der Waals surface area contributed by atoms with Crippen LogP contribution in [-0.2, 0) is 0 Å². The first kappa shape index (κ1) is 17.4. The highest BCUT2D eigenvalue weighted by Crippen LogP contribution is 2.22. The normalized spacial score (nSPS) is 12.2. The summed E-state index contributed by atoms with van der Waals surface area (Å²) in [5, 5.41) is 9.99. The molecule has 1 atom stereocenters. The van der Waals surface area contributed by atoms with E-state index >= 15 is 0 Å². The molecular weight excluding hydrogens is 308 g/mol. The maximum Gasteiger partial charge on any atom is 0.320 e. The molecule has 0 aliphatic heterocycles. The number of hydrogen-bond donors (Lipinski definition) is 2. The van der Waals surface area contributed by atoms with Gasteiger partial charge in [0.05, 0.1) is 6.04 Å². The third-order valence-electron chi connectivity index (χ3n) is 3.88. The number of carbonyl (C=O) groups excluding carboxylic acids is 1. The molecule has 2 N–H and O–H groups in total. The van der Waals surface area contributed by atoms with Gasteiger partial charge in [0.15, 0.2) is 0 Å². The van der Waals surface area contributed by atoms with E-state index in [4.69, 9.17) is 0 Å². The Bertz CT molecular complexity index is 611. The first-order valence-electron chi connectivity index (χ1n) is 7.88. The summed E-state index contributed by atoms with van der Waals surface area (Å²) in [5.41, 5.74) is 2.19. The van der Waals surface area contributed by atoms with E-state index in [2.05, 4.69) is 51.2 Å². The highest BCUT2D eigenvalue weighted by atomic mass is 32.1. The number of aryl methyl sites for hydroxylation is 1.